The number of rotatable bonds is 6. The highest BCUT2D eigenvalue weighted by Crippen LogP contribution is 2.43. The number of nitrogens with one attached hydrogen (secondary N) is 2. The van der Waals surface area contributed by atoms with Crippen LogP contribution in [0.1, 0.15) is 74.1 Å². The second-order valence-electron chi connectivity index (χ2n) is 10.1. The molecule has 2 aliphatic rings. The van der Waals surface area contributed by atoms with Crippen molar-refractivity contribution >= 4 is 22.9 Å². The lowest BCUT2D eigenvalue weighted by atomic mass is 9.87. The van der Waals surface area contributed by atoms with Crippen LogP contribution in [-0.2, 0) is 4.79 Å². The third-order valence-electron chi connectivity index (χ3n) is 7.29. The lowest BCUT2D eigenvalue weighted by Crippen LogP contribution is -2.43. The number of fused-ring (bicyclic) bond motifs is 1. The third-order valence-corrected chi connectivity index (χ3v) is 7.29. The Balaban J connectivity index is 1.41. The molecule has 7 nitrogen and oxygen atoms in total. The van der Waals surface area contributed by atoms with Gasteiger partial charge in [0.25, 0.3) is 0 Å². The minimum Gasteiger partial charge on any atom is -0.465 e. The maximum Gasteiger partial charge on any atom is 0.405 e. The van der Waals surface area contributed by atoms with Crippen LogP contribution in [0, 0.1) is 5.82 Å². The first-order valence-corrected chi connectivity index (χ1v) is 12.4. The fourth-order valence-corrected chi connectivity index (χ4v) is 5.27. The number of benzene rings is 1. The van der Waals surface area contributed by atoms with Gasteiger partial charge in [-0.15, -0.1) is 0 Å². The lowest BCUT2D eigenvalue weighted by Gasteiger charge is -2.32. The Kier molecular flexibility index (Phi) is 6.21. The first kappa shape index (κ1) is 23.3. The molecule has 5 rings (SSSR count). The standard InChI is InChI=1S/C27H31FN4O3/c1-15(2)25-20-11-18(16-7-9-32(10-8-16)24(33)14-30-27(34)35)5-6-22(20)31-26(25)19-12-23(17-3-4-17)29-13-21(19)28/h5-6,11-13,15-17,30-31H,3-4,7-10,14H2,1-2H3,(H,34,35). The Labute approximate surface area is 203 Å². The Bertz CT molecular complexity index is 1270. The highest BCUT2D eigenvalue weighted by molar-refractivity contribution is 5.92. The van der Waals surface area contributed by atoms with Gasteiger partial charge < -0.3 is 20.3 Å². The van der Waals surface area contributed by atoms with E-state index in [1.54, 1.807) is 4.90 Å². The molecule has 0 atom stereocenters. The van der Waals surface area contributed by atoms with E-state index in [1.807, 2.05) is 6.07 Å². The van der Waals surface area contributed by atoms with Crippen molar-refractivity contribution in [2.24, 2.45) is 0 Å². The summed E-state index contributed by atoms with van der Waals surface area (Å²) in [4.78, 5) is 32.4. The molecular weight excluding hydrogens is 447 g/mol. The van der Waals surface area contributed by atoms with E-state index in [-0.39, 0.29) is 24.2 Å². The molecule has 184 valence electrons. The summed E-state index contributed by atoms with van der Waals surface area (Å²) in [6.45, 7) is 5.28. The van der Waals surface area contributed by atoms with Crippen LogP contribution < -0.4 is 5.32 Å². The number of carbonyl (C=O) groups excluding carboxylic acids is 1. The molecule has 0 bridgehead atoms. The number of H-pyrrole nitrogens is 1. The van der Waals surface area contributed by atoms with E-state index in [2.05, 4.69) is 47.3 Å². The largest absolute Gasteiger partial charge is 0.465 e. The SMILES string of the molecule is CC(C)c1c(-c2cc(C3CC3)ncc2F)[nH]c2ccc(C3CCN(C(=O)CNC(=O)O)CC3)cc12. The molecular formula is C27H31FN4O3. The summed E-state index contributed by atoms with van der Waals surface area (Å²) >= 11 is 0. The average Bonchev–Trinajstić information content (AvgIpc) is 3.62. The number of halogens is 1. The van der Waals surface area contributed by atoms with E-state index >= 15 is 0 Å². The molecule has 2 fully saturated rings. The average molecular weight is 479 g/mol. The molecule has 1 aliphatic heterocycles. The lowest BCUT2D eigenvalue weighted by molar-refractivity contribution is -0.131. The zero-order valence-corrected chi connectivity index (χ0v) is 20.1. The monoisotopic (exact) mass is 478 g/mol. The summed E-state index contributed by atoms with van der Waals surface area (Å²) in [5.74, 6) is 0.465. The predicted molar refractivity (Wildman–Crippen MR) is 132 cm³/mol. The highest BCUT2D eigenvalue weighted by atomic mass is 19.1. The molecule has 3 heterocycles. The van der Waals surface area contributed by atoms with Gasteiger partial charge in [-0.3, -0.25) is 9.78 Å². The van der Waals surface area contributed by atoms with E-state index in [0.29, 0.717) is 30.5 Å². The van der Waals surface area contributed by atoms with Gasteiger partial charge >= 0.3 is 6.09 Å². The molecule has 1 saturated carbocycles. The van der Waals surface area contributed by atoms with Crippen molar-refractivity contribution in [1.82, 2.24) is 20.2 Å². The number of hydrogen-bond acceptors (Lipinski definition) is 3. The number of aromatic nitrogens is 2. The molecule has 0 radical (unpaired) electrons. The van der Waals surface area contributed by atoms with Gasteiger partial charge in [-0.2, -0.15) is 0 Å². The quantitative estimate of drug-likeness (QED) is 0.445. The van der Waals surface area contributed by atoms with Crippen molar-refractivity contribution in [1.29, 1.82) is 0 Å². The number of carboxylic acid groups (broad SMARTS) is 1. The number of amides is 2. The van der Waals surface area contributed by atoms with Gasteiger partial charge in [-0.25, -0.2) is 9.18 Å². The first-order chi connectivity index (χ1) is 16.8. The summed E-state index contributed by atoms with van der Waals surface area (Å²) in [7, 11) is 0. The van der Waals surface area contributed by atoms with Gasteiger partial charge in [0.15, 0.2) is 5.82 Å². The van der Waals surface area contributed by atoms with Gasteiger partial charge in [0, 0.05) is 41.2 Å². The van der Waals surface area contributed by atoms with Crippen molar-refractivity contribution in [2.75, 3.05) is 19.6 Å². The van der Waals surface area contributed by atoms with Crippen molar-refractivity contribution in [3.8, 4) is 11.3 Å². The number of likely N-dealkylation sites (tertiary alicyclic amines) is 1. The van der Waals surface area contributed by atoms with Gasteiger partial charge in [0.2, 0.25) is 5.91 Å². The van der Waals surface area contributed by atoms with Crippen molar-refractivity contribution in [3.05, 3.63) is 53.1 Å². The fraction of sp³-hybridized carbons (Fsp3) is 0.444. The molecule has 2 amide bonds. The van der Waals surface area contributed by atoms with Crippen LogP contribution in [0.4, 0.5) is 9.18 Å². The topological polar surface area (TPSA) is 98.3 Å². The molecule has 2 aromatic heterocycles. The van der Waals surface area contributed by atoms with Crippen LogP contribution in [0.3, 0.4) is 0 Å². The zero-order chi connectivity index (χ0) is 24.7. The number of aromatic amines is 1. The zero-order valence-electron chi connectivity index (χ0n) is 20.1. The Morgan fingerprint density at radius 1 is 1.17 bits per heavy atom. The molecule has 8 heteroatoms. The fourth-order valence-electron chi connectivity index (χ4n) is 5.27. The molecule has 1 aromatic carbocycles. The van der Waals surface area contributed by atoms with Crippen LogP contribution in [0.5, 0.6) is 0 Å². The second-order valence-corrected chi connectivity index (χ2v) is 10.1. The summed E-state index contributed by atoms with van der Waals surface area (Å²) in [6, 6.07) is 8.34. The summed E-state index contributed by atoms with van der Waals surface area (Å²) in [5.41, 5.74) is 5.71. The van der Waals surface area contributed by atoms with Crippen molar-refractivity contribution in [2.45, 2.75) is 57.3 Å². The van der Waals surface area contributed by atoms with Crippen LogP contribution in [0.25, 0.3) is 22.2 Å². The number of carbonyl (C=O) groups is 2. The molecule has 1 aliphatic carbocycles. The van der Waals surface area contributed by atoms with Gasteiger partial charge in [-0.1, -0.05) is 19.9 Å². The minimum absolute atomic E-state index is 0.191. The van der Waals surface area contributed by atoms with E-state index in [4.69, 9.17) is 5.11 Å². The molecule has 0 spiro atoms. The van der Waals surface area contributed by atoms with Crippen molar-refractivity contribution in [3.63, 3.8) is 0 Å². The van der Waals surface area contributed by atoms with Crippen LogP contribution in [0.15, 0.2) is 30.5 Å². The number of hydrogen-bond donors (Lipinski definition) is 3. The predicted octanol–water partition coefficient (Wildman–Crippen LogP) is 5.34. The Morgan fingerprint density at radius 3 is 2.57 bits per heavy atom. The maximum atomic E-state index is 14.9. The van der Waals surface area contributed by atoms with Crippen molar-refractivity contribution < 1.29 is 19.1 Å². The van der Waals surface area contributed by atoms with E-state index in [0.717, 1.165) is 53.5 Å². The smallest absolute Gasteiger partial charge is 0.405 e. The summed E-state index contributed by atoms with van der Waals surface area (Å²) < 4.78 is 14.9. The van der Waals surface area contributed by atoms with Gasteiger partial charge in [0.1, 0.15) is 6.54 Å². The van der Waals surface area contributed by atoms with E-state index < -0.39 is 6.09 Å². The van der Waals surface area contributed by atoms with E-state index in [9.17, 15) is 14.0 Å². The van der Waals surface area contributed by atoms with E-state index in [1.165, 1.54) is 11.8 Å². The minimum atomic E-state index is -1.19. The molecule has 3 N–H and O–H groups in total. The number of piperidine rings is 1. The highest BCUT2D eigenvalue weighted by Gasteiger charge is 2.28. The third kappa shape index (κ3) is 4.74. The molecule has 0 unspecified atom stereocenters. The number of pyridine rings is 1. The van der Waals surface area contributed by atoms with Gasteiger partial charge in [-0.05, 0) is 66.8 Å². The Hall–Kier alpha value is -3.42. The first-order valence-electron chi connectivity index (χ1n) is 12.4. The Morgan fingerprint density at radius 2 is 1.91 bits per heavy atom. The van der Waals surface area contributed by atoms with Crippen LogP contribution >= 0.6 is 0 Å². The maximum absolute atomic E-state index is 14.9. The summed E-state index contributed by atoms with van der Waals surface area (Å²) in [6.07, 6.45) is 4.04. The normalized spacial score (nSPS) is 16.7. The van der Waals surface area contributed by atoms with Crippen LogP contribution in [0.2, 0.25) is 0 Å². The molecule has 1 saturated heterocycles. The number of nitrogens with zero attached hydrogens (tertiary/aromatic N) is 2. The second kappa shape index (κ2) is 9.32. The van der Waals surface area contributed by atoms with Gasteiger partial charge in [0.05, 0.1) is 11.9 Å². The summed E-state index contributed by atoms with van der Waals surface area (Å²) in [5, 5.41) is 12.0. The molecule has 3 aromatic rings. The molecule has 35 heavy (non-hydrogen) atoms. The van der Waals surface area contributed by atoms with Crippen LogP contribution in [-0.4, -0.2) is 51.6 Å².